The monoisotopic (exact) mass is 438 g/mol. The fourth-order valence-corrected chi connectivity index (χ4v) is 4.23. The molecule has 0 radical (unpaired) electrons. The first-order valence-corrected chi connectivity index (χ1v) is 10.5. The van der Waals surface area contributed by atoms with Gasteiger partial charge in [-0.3, -0.25) is 14.7 Å². The van der Waals surface area contributed by atoms with Crippen molar-refractivity contribution in [1.82, 2.24) is 10.2 Å². The Balaban J connectivity index is 1.41. The third-order valence-electron chi connectivity index (χ3n) is 4.49. The van der Waals surface area contributed by atoms with Crippen LogP contribution in [0, 0.1) is 6.92 Å². The minimum absolute atomic E-state index is 0.129. The summed E-state index contributed by atoms with van der Waals surface area (Å²) in [5.41, 5.74) is 2.75. The first-order valence-electron chi connectivity index (χ1n) is 9.34. The second kappa shape index (κ2) is 8.69. The van der Waals surface area contributed by atoms with Gasteiger partial charge in [0.1, 0.15) is 10.6 Å². The number of amides is 2. The van der Waals surface area contributed by atoms with Crippen molar-refractivity contribution < 1.29 is 9.59 Å². The number of aromatic amines is 1. The number of carbonyl (C=O) groups excluding carboxylic acids is 2. The summed E-state index contributed by atoms with van der Waals surface area (Å²) in [6.45, 7) is 2.01. The van der Waals surface area contributed by atoms with Crippen LogP contribution in [0.4, 0.5) is 11.5 Å². The number of rotatable bonds is 6. The van der Waals surface area contributed by atoms with Crippen molar-refractivity contribution in [3.8, 4) is 0 Å². The fraction of sp³-hybridized carbons (Fsp3) is 0.136. The van der Waals surface area contributed by atoms with Gasteiger partial charge in [-0.15, -0.1) is 11.3 Å². The number of hydrogen-bond acceptors (Lipinski definition) is 4. The van der Waals surface area contributed by atoms with E-state index in [1.165, 1.54) is 11.3 Å². The summed E-state index contributed by atoms with van der Waals surface area (Å²) in [6.07, 6.45) is 0.490. The van der Waals surface area contributed by atoms with Crippen molar-refractivity contribution in [2.75, 3.05) is 10.6 Å². The quantitative estimate of drug-likeness (QED) is 0.398. The Hall–Kier alpha value is -3.16. The van der Waals surface area contributed by atoms with Crippen LogP contribution in [0.1, 0.15) is 16.0 Å². The molecule has 0 atom stereocenters. The van der Waals surface area contributed by atoms with Gasteiger partial charge >= 0.3 is 0 Å². The molecule has 0 spiro atoms. The number of thiophene rings is 1. The lowest BCUT2D eigenvalue weighted by Gasteiger charge is -2.04. The van der Waals surface area contributed by atoms with Gasteiger partial charge < -0.3 is 10.6 Å². The maximum absolute atomic E-state index is 12.4. The van der Waals surface area contributed by atoms with Crippen molar-refractivity contribution in [3.05, 3.63) is 75.6 Å². The summed E-state index contributed by atoms with van der Waals surface area (Å²) < 4.78 is 0. The van der Waals surface area contributed by atoms with Crippen molar-refractivity contribution in [1.29, 1.82) is 0 Å². The highest BCUT2D eigenvalue weighted by molar-refractivity contribution is 7.18. The van der Waals surface area contributed by atoms with E-state index in [1.807, 2.05) is 37.3 Å². The van der Waals surface area contributed by atoms with Crippen molar-refractivity contribution in [3.63, 3.8) is 0 Å². The van der Waals surface area contributed by atoms with Gasteiger partial charge in [0, 0.05) is 15.6 Å². The first-order chi connectivity index (χ1) is 14.5. The lowest BCUT2D eigenvalue weighted by atomic mass is 10.1. The Kier molecular flexibility index (Phi) is 5.83. The van der Waals surface area contributed by atoms with Crippen LogP contribution in [0.2, 0.25) is 5.02 Å². The number of benzene rings is 2. The second-order valence-electron chi connectivity index (χ2n) is 6.98. The minimum Gasteiger partial charge on any atom is -0.326 e. The first kappa shape index (κ1) is 20.1. The highest BCUT2D eigenvalue weighted by Gasteiger charge is 2.15. The molecule has 4 rings (SSSR count). The molecule has 152 valence electrons. The second-order valence-corrected chi connectivity index (χ2v) is 8.53. The van der Waals surface area contributed by atoms with Crippen LogP contribution in [-0.2, 0) is 22.4 Å². The summed E-state index contributed by atoms with van der Waals surface area (Å²) >= 11 is 7.36. The highest BCUT2D eigenvalue weighted by atomic mass is 35.5. The zero-order chi connectivity index (χ0) is 21.1. The summed E-state index contributed by atoms with van der Waals surface area (Å²) in [5, 5.41) is 14.2. The normalized spacial score (nSPS) is 10.9. The molecule has 0 aliphatic rings. The molecule has 2 aromatic heterocycles. The fourth-order valence-electron chi connectivity index (χ4n) is 3.05. The maximum atomic E-state index is 12.4. The van der Waals surface area contributed by atoms with Gasteiger partial charge in [-0.05, 0) is 36.8 Å². The Bertz CT molecular complexity index is 1210. The van der Waals surface area contributed by atoms with Crippen LogP contribution in [0.5, 0.6) is 0 Å². The number of halogens is 1. The summed E-state index contributed by atoms with van der Waals surface area (Å²) in [6, 6.07) is 16.7. The minimum atomic E-state index is -0.143. The van der Waals surface area contributed by atoms with E-state index in [2.05, 4.69) is 20.8 Å². The Labute approximate surface area is 182 Å². The van der Waals surface area contributed by atoms with Gasteiger partial charge in [0.25, 0.3) is 0 Å². The Morgan fingerprint density at radius 3 is 2.57 bits per heavy atom. The van der Waals surface area contributed by atoms with Crippen molar-refractivity contribution in [2.24, 2.45) is 0 Å². The lowest BCUT2D eigenvalue weighted by Crippen LogP contribution is -2.15. The van der Waals surface area contributed by atoms with E-state index in [9.17, 15) is 9.59 Å². The van der Waals surface area contributed by atoms with E-state index in [0.29, 0.717) is 16.5 Å². The molecule has 3 N–H and O–H groups in total. The highest BCUT2D eigenvalue weighted by Crippen LogP contribution is 2.30. The molecule has 0 aliphatic heterocycles. The van der Waals surface area contributed by atoms with Crippen LogP contribution in [0.25, 0.3) is 10.2 Å². The molecule has 2 heterocycles. The SMILES string of the molecule is Cc1ccc(CC(=O)Nc2[nH]nc3sc(CC(=O)Nc4cccc(Cl)c4)cc23)cc1. The van der Waals surface area contributed by atoms with Gasteiger partial charge in [-0.1, -0.05) is 47.5 Å². The summed E-state index contributed by atoms with van der Waals surface area (Å²) in [5.74, 6) is 0.269. The molecule has 4 aromatic rings. The molecule has 0 saturated heterocycles. The number of carbonyl (C=O) groups is 2. The molecule has 0 bridgehead atoms. The number of H-pyrrole nitrogens is 1. The zero-order valence-corrected chi connectivity index (χ0v) is 17.7. The average Bonchev–Trinajstić information content (AvgIpc) is 3.25. The molecule has 0 saturated carbocycles. The molecule has 6 nitrogen and oxygen atoms in total. The summed E-state index contributed by atoms with van der Waals surface area (Å²) in [4.78, 5) is 26.3. The molecule has 2 amide bonds. The van der Waals surface area contributed by atoms with Gasteiger partial charge in [0.15, 0.2) is 0 Å². The van der Waals surface area contributed by atoms with Crippen molar-refractivity contribution in [2.45, 2.75) is 19.8 Å². The molecule has 0 fully saturated rings. The molecule has 0 unspecified atom stereocenters. The van der Waals surface area contributed by atoms with E-state index in [0.717, 1.165) is 26.2 Å². The number of aromatic nitrogens is 2. The topological polar surface area (TPSA) is 86.9 Å². The van der Waals surface area contributed by atoms with Gasteiger partial charge in [0.2, 0.25) is 11.8 Å². The number of nitrogens with zero attached hydrogens (tertiary/aromatic N) is 1. The number of hydrogen-bond donors (Lipinski definition) is 3. The van der Waals surface area contributed by atoms with Crippen LogP contribution < -0.4 is 10.6 Å². The van der Waals surface area contributed by atoms with E-state index < -0.39 is 0 Å². The van der Waals surface area contributed by atoms with Gasteiger partial charge in [-0.2, -0.15) is 5.10 Å². The third-order valence-corrected chi connectivity index (χ3v) is 5.76. The smallest absolute Gasteiger partial charge is 0.229 e. The number of anilines is 2. The van der Waals surface area contributed by atoms with E-state index in [4.69, 9.17) is 11.6 Å². The number of nitrogens with one attached hydrogen (secondary N) is 3. The van der Waals surface area contributed by atoms with E-state index >= 15 is 0 Å². The van der Waals surface area contributed by atoms with Gasteiger partial charge in [0.05, 0.1) is 18.2 Å². The standard InChI is InChI=1S/C22H19ClN4O2S/c1-13-5-7-14(8-6-13)9-19(28)25-21-18-11-17(30-22(18)27-26-21)12-20(29)24-16-4-2-3-15(23)10-16/h2-8,10-11H,9,12H2,1H3,(H,24,29)(H2,25,26,27,28). The van der Waals surface area contributed by atoms with Crippen LogP contribution in [-0.4, -0.2) is 22.0 Å². The van der Waals surface area contributed by atoms with Crippen LogP contribution >= 0.6 is 22.9 Å². The van der Waals surface area contributed by atoms with E-state index in [1.54, 1.807) is 24.3 Å². The molecule has 30 heavy (non-hydrogen) atoms. The lowest BCUT2D eigenvalue weighted by molar-refractivity contribution is -0.116. The number of aryl methyl sites for hydroxylation is 1. The number of fused-ring (bicyclic) bond motifs is 1. The average molecular weight is 439 g/mol. The molecule has 0 aliphatic carbocycles. The van der Waals surface area contributed by atoms with Crippen LogP contribution in [0.3, 0.4) is 0 Å². The predicted octanol–water partition coefficient (Wildman–Crippen LogP) is 4.95. The molecular formula is C22H19ClN4O2S. The summed E-state index contributed by atoms with van der Waals surface area (Å²) in [7, 11) is 0. The third kappa shape index (κ3) is 4.87. The molecule has 2 aromatic carbocycles. The van der Waals surface area contributed by atoms with Gasteiger partial charge in [-0.25, -0.2) is 0 Å². The zero-order valence-electron chi connectivity index (χ0n) is 16.2. The molecular weight excluding hydrogens is 420 g/mol. The predicted molar refractivity (Wildman–Crippen MR) is 121 cm³/mol. The molecule has 8 heteroatoms. The van der Waals surface area contributed by atoms with E-state index in [-0.39, 0.29) is 24.7 Å². The van der Waals surface area contributed by atoms with Crippen LogP contribution in [0.15, 0.2) is 54.6 Å². The largest absolute Gasteiger partial charge is 0.326 e. The van der Waals surface area contributed by atoms with Crippen molar-refractivity contribution >= 4 is 56.5 Å². The Morgan fingerprint density at radius 1 is 1.03 bits per heavy atom. The maximum Gasteiger partial charge on any atom is 0.229 e. The Morgan fingerprint density at radius 2 is 1.80 bits per heavy atom.